The van der Waals surface area contributed by atoms with E-state index in [0.717, 1.165) is 61.2 Å². The van der Waals surface area contributed by atoms with Gasteiger partial charge in [-0.25, -0.2) is 17.6 Å². The van der Waals surface area contributed by atoms with Gasteiger partial charge in [0.25, 0.3) is 0 Å². The van der Waals surface area contributed by atoms with E-state index in [2.05, 4.69) is 213 Å². The minimum atomic E-state index is -6.43. The molecule has 11 aromatic rings. The summed E-state index contributed by atoms with van der Waals surface area (Å²) >= 11 is 0. The number of benzene rings is 10. The van der Waals surface area contributed by atoms with Crippen LogP contribution >= 0.6 is 10.5 Å². The Kier molecular flexibility index (Phi) is 38.9. The van der Waals surface area contributed by atoms with Gasteiger partial charge in [-0.2, -0.15) is 26.3 Å². The molecule has 766 valence electrons. The Morgan fingerprint density at radius 1 is 0.528 bits per heavy atom. The number of phenolic OH excluding ortho intramolecular Hbond substituents is 2. The van der Waals surface area contributed by atoms with Gasteiger partial charge in [0.15, 0.2) is 42.3 Å². The average Bonchev–Trinajstić information content (AvgIpc) is 0.908. The summed E-state index contributed by atoms with van der Waals surface area (Å²) in [5, 5.41) is 30.6. The number of phenols is 2. The molecule has 10 aromatic carbocycles. The van der Waals surface area contributed by atoms with Gasteiger partial charge in [0.1, 0.15) is 33.6 Å². The van der Waals surface area contributed by atoms with Crippen LogP contribution in [0.1, 0.15) is 278 Å². The third-order valence-electron chi connectivity index (χ3n) is 28.2. The van der Waals surface area contributed by atoms with Crippen molar-refractivity contribution in [2.24, 2.45) is 28.1 Å². The number of carbonyl (C=O) groups is 4. The minimum Gasteiger partial charge on any atom is -0.748 e. The van der Waals surface area contributed by atoms with Gasteiger partial charge in [-0.3, -0.25) is 14.4 Å². The first kappa shape index (κ1) is 113. The van der Waals surface area contributed by atoms with Crippen LogP contribution < -0.4 is 9.47 Å². The van der Waals surface area contributed by atoms with E-state index in [0.29, 0.717) is 86.1 Å². The number of hydrogen-bond acceptors (Lipinski definition) is 16. The summed E-state index contributed by atoms with van der Waals surface area (Å²) < 4.78 is 164. The van der Waals surface area contributed by atoms with Crippen molar-refractivity contribution in [2.75, 3.05) is 12.4 Å². The molecule has 5 saturated carbocycles. The maximum atomic E-state index is 14.0. The highest BCUT2D eigenvalue weighted by Gasteiger charge is 2.77. The lowest BCUT2D eigenvalue weighted by molar-refractivity contribution is -0.365. The van der Waals surface area contributed by atoms with E-state index < -0.39 is 85.3 Å². The molecule has 18 rings (SSSR count). The predicted octanol–water partition coefficient (Wildman–Crippen LogP) is 30.4. The quantitative estimate of drug-likeness (QED) is 0.0177. The maximum absolute atomic E-state index is 14.0. The van der Waals surface area contributed by atoms with Gasteiger partial charge in [0.05, 0.1) is 44.3 Å². The molecule has 0 radical (unpaired) electrons. The molecule has 4 bridgehead atoms. The number of thiophene rings is 1. The number of cyclic esters (lactones) is 1. The SMILES string of the molecule is CCC(C)(C)C(=O)OC12CC3CC(C1)CC(C(=O)OC(CS(=O)(=O)[O-])(C(F)(F)F)C(F)(F)F)(C3)C2.CCC(C)(C)C(=O)OC1CCOC1=O.CCC(C)c1ccc(C(C)(C)O)cc1.CCC(C)c1ccc(O)cc1.CCC(C)c1ccc(O)cc1.CCC(C)c1ccc(OC2(C)CCCC2)c(F)c1.c1ccc(-[s+]2c3ccccc3c3ccccc32)cc1.c1ccc([S+]2c3ccccc3Oc3ccccc32)cc1. The van der Waals surface area contributed by atoms with Gasteiger partial charge in [-0.15, -0.1) is 0 Å². The molecule has 0 amide bonds. The van der Waals surface area contributed by atoms with Crippen molar-refractivity contribution < 1.29 is 107 Å². The standard InChI is InChI=1S/C21H28F6O7S.C18H13OS.C18H13S.C16H23FO.C13H20O.C10H16O4.2C10H14O/c1-4-16(2,3)14(28)33-18-8-12-5-13(9-18)7-17(6-12,10-18)15(29)34-19(20(22,23)24,21(25,26)27)11-35(30,31)32;1-2-8-14(9-3-1)20-17-12-6-4-10-15(17)19-16-11-5-7-13-18(16)20;1-2-8-14(9-3-1)19-17-12-6-4-10-15(17)16-11-5-7-13-18(16)19;1-4-12(2)13-7-8-15(14(17)11-13)18-16(3)9-5-6-10-16;1-5-10(2)11-6-8-12(9-7-11)13(3,4)14;1-4-10(2,3)9(12)14-7-5-6-13-8(7)11;2*1-3-8(2)9-4-6-10(11)7-5-9/h12-13H,4-11H2,1-3H3,(H,30,31,32);1-13H;1-13H;7-8,11-12H,4-6,9-10H2,1-3H3;6-10,14H,5H2,1-4H3;7H,4-6H2,1-3H3;2*4-8,11H,3H2,1-2H3/q;2*+1;;;;;/p-1. The van der Waals surface area contributed by atoms with Crippen molar-refractivity contribution in [3.8, 4) is 33.6 Å². The Bertz CT molecular complexity index is 5890. The molecule has 142 heavy (non-hydrogen) atoms. The van der Waals surface area contributed by atoms with Crippen LogP contribution in [0.5, 0.6) is 28.7 Å². The van der Waals surface area contributed by atoms with E-state index in [9.17, 15) is 68.0 Å². The van der Waals surface area contributed by atoms with Gasteiger partial charge in [0.2, 0.25) is 15.9 Å². The first-order valence-electron chi connectivity index (χ1n) is 49.3. The third-order valence-corrected chi connectivity index (χ3v) is 33.6. The molecule has 1 saturated heterocycles. The van der Waals surface area contributed by atoms with Crippen LogP contribution in [0.2, 0.25) is 0 Å². The summed E-state index contributed by atoms with van der Waals surface area (Å²) in [6.45, 7) is 33.9. The number of hydrogen-bond donors (Lipinski definition) is 3. The lowest BCUT2D eigenvalue weighted by Gasteiger charge is -2.60. The van der Waals surface area contributed by atoms with Gasteiger partial charge in [0, 0.05) is 34.1 Å². The highest BCUT2D eigenvalue weighted by atomic mass is 32.2. The largest absolute Gasteiger partial charge is 0.748 e. The molecule has 16 nitrogen and oxygen atoms in total. The number of halogens is 7. The minimum absolute atomic E-state index is 0.0594. The molecule has 7 aliphatic rings. The van der Waals surface area contributed by atoms with Crippen molar-refractivity contribution in [3.63, 3.8) is 0 Å². The van der Waals surface area contributed by atoms with Crippen molar-refractivity contribution >= 4 is 75.5 Å². The van der Waals surface area contributed by atoms with Crippen LogP contribution in [0.15, 0.2) is 263 Å². The number of aromatic hydroxyl groups is 2. The molecular weight excluding hydrogens is 1880 g/mol. The van der Waals surface area contributed by atoms with Crippen molar-refractivity contribution in [2.45, 2.75) is 306 Å². The molecule has 7 unspecified atom stereocenters. The second kappa shape index (κ2) is 48.7. The Morgan fingerprint density at radius 2 is 0.937 bits per heavy atom. The fourth-order valence-electron chi connectivity index (χ4n) is 18.3. The Morgan fingerprint density at radius 3 is 1.35 bits per heavy atom. The monoisotopic (exact) mass is 2020 g/mol. The van der Waals surface area contributed by atoms with Crippen LogP contribution in [-0.4, -0.2) is 99.8 Å². The molecular formula is C116H140F7O16S3+. The molecule has 26 heteroatoms. The average molecular weight is 2020 g/mol. The number of ether oxygens (including phenoxy) is 6. The van der Waals surface area contributed by atoms with Crippen LogP contribution in [-0.2, 0) is 64.7 Å². The molecule has 2 aliphatic heterocycles. The lowest BCUT2D eigenvalue weighted by Crippen LogP contribution is -2.66. The zero-order valence-corrected chi connectivity index (χ0v) is 87.1. The van der Waals surface area contributed by atoms with Crippen LogP contribution in [0.4, 0.5) is 30.7 Å². The smallest absolute Gasteiger partial charge is 0.438 e. The summed E-state index contributed by atoms with van der Waals surface area (Å²) in [5.41, 5.74) is -4.96. The van der Waals surface area contributed by atoms with Crippen LogP contribution in [0.25, 0.3) is 25.1 Å². The molecule has 3 N–H and O–H groups in total. The molecule has 7 atom stereocenters. The zero-order valence-electron chi connectivity index (χ0n) is 84.7. The number of alkyl halides is 6. The van der Waals surface area contributed by atoms with Gasteiger partial charge in [-0.05, 0) is 317 Å². The fourth-order valence-corrected chi connectivity index (χ4v) is 23.8. The Labute approximate surface area is 839 Å². The van der Waals surface area contributed by atoms with Crippen LogP contribution in [0.3, 0.4) is 0 Å². The summed E-state index contributed by atoms with van der Waals surface area (Å²) in [5.74, 6) is -1.89. The zero-order chi connectivity index (χ0) is 104. The second-order valence-electron chi connectivity index (χ2n) is 40.3. The second-order valence-corrected chi connectivity index (χ2v) is 45.7. The highest BCUT2D eigenvalue weighted by molar-refractivity contribution is 7.97. The summed E-state index contributed by atoms with van der Waals surface area (Å²) in [6, 6.07) is 84.2. The van der Waals surface area contributed by atoms with E-state index in [-0.39, 0.29) is 69.9 Å². The van der Waals surface area contributed by atoms with E-state index in [1.54, 1.807) is 71.0 Å². The molecule has 1 aromatic heterocycles. The lowest BCUT2D eigenvalue weighted by atomic mass is 9.48. The Balaban J connectivity index is 0.000000172. The Hall–Kier alpha value is -10.8. The van der Waals surface area contributed by atoms with Crippen molar-refractivity contribution in [1.29, 1.82) is 0 Å². The van der Waals surface area contributed by atoms with Gasteiger partial charge in [-0.1, -0.05) is 209 Å². The summed E-state index contributed by atoms with van der Waals surface area (Å²) in [6.07, 6.45) is -2.44. The van der Waals surface area contributed by atoms with E-state index in [1.807, 2.05) is 87.5 Å². The number of aliphatic hydroxyl groups is 1. The highest BCUT2D eigenvalue weighted by Crippen LogP contribution is 2.65. The predicted molar refractivity (Wildman–Crippen MR) is 548 cm³/mol. The molecule has 0 spiro atoms. The first-order chi connectivity index (χ1) is 66.9. The molecule has 6 fully saturated rings. The molecule has 5 aliphatic carbocycles. The summed E-state index contributed by atoms with van der Waals surface area (Å²) in [7, 11) is -6.16. The first-order valence-corrected chi connectivity index (χ1v) is 53.4. The van der Waals surface area contributed by atoms with E-state index in [4.69, 9.17) is 33.9 Å². The maximum Gasteiger partial charge on any atom is 0.438 e. The number of rotatable bonds is 23. The normalized spacial score (nSPS) is 19.1. The molecule has 3 heterocycles. The van der Waals surface area contributed by atoms with Crippen LogP contribution in [0, 0.1) is 33.9 Å². The summed E-state index contributed by atoms with van der Waals surface area (Å²) in [4.78, 5) is 53.7. The van der Waals surface area contributed by atoms with Gasteiger partial charge >= 0.3 is 41.8 Å². The van der Waals surface area contributed by atoms with Crippen molar-refractivity contribution in [1.82, 2.24) is 0 Å². The number of para-hydroxylation sites is 2. The van der Waals surface area contributed by atoms with E-state index >= 15 is 0 Å². The number of fused-ring (bicyclic) bond motifs is 5. The number of esters is 4. The van der Waals surface area contributed by atoms with E-state index in [1.165, 1.54) is 69.3 Å². The topological polar surface area (TPSA) is 242 Å². The number of carbonyl (C=O) groups excluding carboxylic acids is 4. The van der Waals surface area contributed by atoms with Gasteiger partial charge < -0.3 is 48.3 Å². The third kappa shape index (κ3) is 29.1. The fraction of sp³-hybridized carbons (Fsp3) is 0.448. The van der Waals surface area contributed by atoms with Crippen molar-refractivity contribution in [3.05, 3.63) is 282 Å².